The molecule has 1 saturated heterocycles. The molecule has 0 bridgehead atoms. The molecule has 0 aliphatic carbocycles. The third-order valence-corrected chi connectivity index (χ3v) is 5.19. The summed E-state index contributed by atoms with van der Waals surface area (Å²) in [6.45, 7) is 8.70. The first-order chi connectivity index (χ1) is 15.0. The molecule has 1 aromatic rings. The summed E-state index contributed by atoms with van der Waals surface area (Å²) in [5, 5.41) is 31.1. The standard InChI is InChI=1S/C23H32BN3O5/c1-16-5-7-17(8-6-16)11-20(24(30)31)26-22(29)32-15-18-9-10-27(14-18)21(28)19(13-25)12-23(2,3)4/h5-8,12,18,20,30-31H,9-11,14-15H2,1-4H3,(H,26,29)/t18-,20?/m0/s1. The molecule has 9 heteroatoms. The number of ether oxygens (including phenoxy) is 1. The Labute approximate surface area is 190 Å². The highest BCUT2D eigenvalue weighted by molar-refractivity contribution is 6.43. The van der Waals surface area contributed by atoms with E-state index < -0.39 is 19.2 Å². The van der Waals surface area contributed by atoms with E-state index in [2.05, 4.69) is 5.32 Å². The van der Waals surface area contributed by atoms with Gasteiger partial charge in [-0.3, -0.25) is 4.79 Å². The molecule has 1 aliphatic rings. The van der Waals surface area contributed by atoms with Gasteiger partial charge in [0.1, 0.15) is 11.6 Å². The van der Waals surface area contributed by atoms with Gasteiger partial charge < -0.3 is 25.0 Å². The van der Waals surface area contributed by atoms with E-state index in [-0.39, 0.29) is 35.8 Å². The SMILES string of the molecule is Cc1ccc(CC(NC(=O)OC[C@H]2CCN(C(=O)C(C#N)=CC(C)(C)C)C2)B(O)O)cc1. The minimum atomic E-state index is -1.73. The number of nitrogens with zero attached hydrogens (tertiary/aromatic N) is 2. The number of nitriles is 1. The van der Waals surface area contributed by atoms with Crippen molar-refractivity contribution in [2.45, 2.75) is 46.5 Å². The number of likely N-dealkylation sites (tertiary alicyclic amines) is 1. The highest BCUT2D eigenvalue weighted by Crippen LogP contribution is 2.22. The molecule has 0 spiro atoms. The summed E-state index contributed by atoms with van der Waals surface area (Å²) in [6, 6.07) is 9.54. The zero-order valence-electron chi connectivity index (χ0n) is 19.2. The van der Waals surface area contributed by atoms with Gasteiger partial charge in [-0.05, 0) is 30.7 Å². The predicted molar refractivity (Wildman–Crippen MR) is 121 cm³/mol. The van der Waals surface area contributed by atoms with Crippen molar-refractivity contribution in [3.63, 3.8) is 0 Å². The lowest BCUT2D eigenvalue weighted by atomic mass is 9.76. The number of benzene rings is 1. The Kier molecular flexibility index (Phi) is 8.87. The number of allylic oxidation sites excluding steroid dienone is 1. The lowest BCUT2D eigenvalue weighted by Crippen LogP contribution is -2.48. The first-order valence-corrected chi connectivity index (χ1v) is 10.8. The predicted octanol–water partition coefficient (Wildman–Crippen LogP) is 1.99. The van der Waals surface area contributed by atoms with Gasteiger partial charge in [-0.2, -0.15) is 5.26 Å². The Morgan fingerprint density at radius 3 is 2.56 bits per heavy atom. The van der Waals surface area contributed by atoms with Crippen LogP contribution in [0.15, 0.2) is 35.9 Å². The first kappa shape index (κ1) is 25.4. The number of hydrogen-bond donors (Lipinski definition) is 3. The number of alkyl carbamates (subject to hydrolysis) is 1. The summed E-state index contributed by atoms with van der Waals surface area (Å²) in [5.41, 5.74) is 1.78. The van der Waals surface area contributed by atoms with Gasteiger partial charge in [-0.1, -0.05) is 56.7 Å². The van der Waals surface area contributed by atoms with Crippen molar-refractivity contribution < 1.29 is 24.4 Å². The summed E-state index contributed by atoms with van der Waals surface area (Å²) in [6.07, 6.45) is 1.82. The molecule has 2 atom stereocenters. The maximum absolute atomic E-state index is 12.6. The van der Waals surface area contributed by atoms with Crippen LogP contribution in [-0.4, -0.2) is 59.7 Å². The Hall–Kier alpha value is -2.83. The van der Waals surface area contributed by atoms with Gasteiger partial charge >= 0.3 is 13.2 Å². The molecule has 2 amide bonds. The lowest BCUT2D eigenvalue weighted by molar-refractivity contribution is -0.125. The topological polar surface area (TPSA) is 123 Å². The fourth-order valence-electron chi connectivity index (χ4n) is 3.49. The highest BCUT2D eigenvalue weighted by atomic mass is 16.5. The van der Waals surface area contributed by atoms with Crippen LogP contribution in [0.3, 0.4) is 0 Å². The second kappa shape index (κ2) is 11.2. The maximum Gasteiger partial charge on any atom is 0.475 e. The molecule has 1 unspecified atom stereocenters. The van der Waals surface area contributed by atoms with E-state index in [0.717, 1.165) is 11.1 Å². The van der Waals surface area contributed by atoms with E-state index in [9.17, 15) is 24.9 Å². The molecule has 1 aromatic carbocycles. The molecule has 1 heterocycles. The highest BCUT2D eigenvalue weighted by Gasteiger charge is 2.31. The van der Waals surface area contributed by atoms with Crippen LogP contribution in [0.4, 0.5) is 4.79 Å². The average molecular weight is 441 g/mol. The van der Waals surface area contributed by atoms with E-state index in [1.165, 1.54) is 0 Å². The van der Waals surface area contributed by atoms with Crippen molar-refractivity contribution in [2.24, 2.45) is 11.3 Å². The van der Waals surface area contributed by atoms with Gasteiger partial charge in [0, 0.05) is 19.0 Å². The van der Waals surface area contributed by atoms with Gasteiger partial charge in [0.05, 0.1) is 12.5 Å². The number of aryl methyl sites for hydroxylation is 1. The molecule has 2 rings (SSSR count). The summed E-state index contributed by atoms with van der Waals surface area (Å²) in [7, 11) is -1.73. The van der Waals surface area contributed by atoms with Crippen molar-refractivity contribution in [2.75, 3.05) is 19.7 Å². The zero-order valence-corrected chi connectivity index (χ0v) is 19.2. The minimum Gasteiger partial charge on any atom is -0.449 e. The van der Waals surface area contributed by atoms with E-state index >= 15 is 0 Å². The van der Waals surface area contributed by atoms with Crippen LogP contribution in [0.1, 0.15) is 38.3 Å². The van der Waals surface area contributed by atoms with Gasteiger partial charge in [-0.15, -0.1) is 0 Å². The Balaban J connectivity index is 1.85. The largest absolute Gasteiger partial charge is 0.475 e. The van der Waals surface area contributed by atoms with Crippen molar-refractivity contribution >= 4 is 19.1 Å². The normalized spacial score (nSPS) is 17.5. The van der Waals surface area contributed by atoms with E-state index in [0.29, 0.717) is 19.5 Å². The molecule has 32 heavy (non-hydrogen) atoms. The number of carbonyl (C=O) groups is 2. The van der Waals surface area contributed by atoms with Crippen LogP contribution < -0.4 is 5.32 Å². The molecule has 8 nitrogen and oxygen atoms in total. The van der Waals surface area contributed by atoms with Gasteiger partial charge in [0.15, 0.2) is 0 Å². The molecule has 0 radical (unpaired) electrons. The van der Waals surface area contributed by atoms with Crippen LogP contribution in [0, 0.1) is 29.6 Å². The average Bonchev–Trinajstić information content (AvgIpc) is 3.19. The Morgan fingerprint density at radius 1 is 1.34 bits per heavy atom. The molecular weight excluding hydrogens is 409 g/mol. The molecule has 0 saturated carbocycles. The minimum absolute atomic E-state index is 0.0473. The number of rotatable bonds is 7. The van der Waals surface area contributed by atoms with Crippen molar-refractivity contribution in [3.8, 4) is 6.07 Å². The fraction of sp³-hybridized carbons (Fsp3) is 0.522. The molecule has 1 aliphatic heterocycles. The number of hydrogen-bond acceptors (Lipinski definition) is 6. The van der Waals surface area contributed by atoms with Crippen LogP contribution in [0.2, 0.25) is 0 Å². The Bertz CT molecular complexity index is 871. The maximum atomic E-state index is 12.6. The van der Waals surface area contributed by atoms with Crippen molar-refractivity contribution in [1.82, 2.24) is 10.2 Å². The number of carbonyl (C=O) groups excluding carboxylic acids is 2. The molecular formula is C23H32BN3O5. The van der Waals surface area contributed by atoms with Crippen LogP contribution >= 0.6 is 0 Å². The van der Waals surface area contributed by atoms with E-state index in [4.69, 9.17) is 4.74 Å². The summed E-state index contributed by atoms with van der Waals surface area (Å²) in [5.74, 6) is -1.27. The Morgan fingerprint density at radius 2 is 2.00 bits per heavy atom. The molecule has 0 aromatic heterocycles. The lowest BCUT2D eigenvalue weighted by Gasteiger charge is -2.20. The van der Waals surface area contributed by atoms with Crippen LogP contribution in [-0.2, 0) is 16.0 Å². The second-order valence-electron chi connectivity index (χ2n) is 9.39. The molecule has 1 fully saturated rings. The number of nitrogens with one attached hydrogen (secondary N) is 1. The smallest absolute Gasteiger partial charge is 0.449 e. The van der Waals surface area contributed by atoms with Crippen LogP contribution in [0.5, 0.6) is 0 Å². The molecule has 172 valence electrons. The summed E-state index contributed by atoms with van der Waals surface area (Å²) < 4.78 is 5.27. The van der Waals surface area contributed by atoms with E-state index in [1.54, 1.807) is 11.0 Å². The summed E-state index contributed by atoms with van der Waals surface area (Å²) in [4.78, 5) is 26.4. The van der Waals surface area contributed by atoms with Gasteiger partial charge in [0.25, 0.3) is 5.91 Å². The quantitative estimate of drug-likeness (QED) is 0.338. The third-order valence-electron chi connectivity index (χ3n) is 5.19. The van der Waals surface area contributed by atoms with Crippen LogP contribution in [0.25, 0.3) is 0 Å². The second-order valence-corrected chi connectivity index (χ2v) is 9.39. The van der Waals surface area contributed by atoms with Crippen molar-refractivity contribution in [1.29, 1.82) is 5.26 Å². The summed E-state index contributed by atoms with van der Waals surface area (Å²) >= 11 is 0. The molecule has 3 N–H and O–H groups in total. The first-order valence-electron chi connectivity index (χ1n) is 10.8. The van der Waals surface area contributed by atoms with Gasteiger partial charge in [0.2, 0.25) is 0 Å². The monoisotopic (exact) mass is 441 g/mol. The van der Waals surface area contributed by atoms with Gasteiger partial charge in [-0.25, -0.2) is 4.79 Å². The third kappa shape index (κ3) is 8.02. The fourth-order valence-corrected chi connectivity index (χ4v) is 3.49. The van der Waals surface area contributed by atoms with E-state index in [1.807, 2.05) is 58.0 Å². The zero-order chi connectivity index (χ0) is 23.9. The number of amides is 2. The van der Waals surface area contributed by atoms with Crippen molar-refractivity contribution in [3.05, 3.63) is 47.0 Å².